The molecule has 0 heterocycles. The zero-order chi connectivity index (χ0) is 40.0. The summed E-state index contributed by atoms with van der Waals surface area (Å²) in [7, 11) is 0. The summed E-state index contributed by atoms with van der Waals surface area (Å²) in [5.41, 5.74) is 5.57. The van der Waals surface area contributed by atoms with Crippen molar-refractivity contribution >= 4 is 41.1 Å². The van der Waals surface area contributed by atoms with Gasteiger partial charge in [-0.15, -0.1) is 0 Å². The zero-order valence-electron chi connectivity index (χ0n) is 34.0. The van der Waals surface area contributed by atoms with Gasteiger partial charge < -0.3 is 27.0 Å². The van der Waals surface area contributed by atoms with Crippen LogP contribution in [-0.2, 0) is 33.6 Å². The second-order valence-electron chi connectivity index (χ2n) is 15.9. The Morgan fingerprint density at radius 1 is 0.519 bits per heavy atom. The molecule has 0 aromatic rings. The lowest BCUT2D eigenvalue weighted by Gasteiger charge is -2.29. The van der Waals surface area contributed by atoms with E-state index < -0.39 is 53.6 Å². The molecule has 6 N–H and O–H groups in total. The highest BCUT2D eigenvalue weighted by Crippen LogP contribution is 2.23. The van der Waals surface area contributed by atoms with Crippen LogP contribution in [0.2, 0.25) is 0 Å². The van der Waals surface area contributed by atoms with Crippen LogP contribution in [0.5, 0.6) is 0 Å². The first-order chi connectivity index (χ1) is 24.3. The number of nitrogens with one attached hydrogen (secondary N) is 4. The maximum atomic E-state index is 13.7. The minimum atomic E-state index is -1.24. The molecule has 0 radical (unpaired) electrons. The van der Waals surface area contributed by atoms with E-state index in [4.69, 9.17) is 5.73 Å². The first-order valence-electron chi connectivity index (χ1n) is 19.8. The second-order valence-corrected chi connectivity index (χ2v) is 15.9. The number of carbonyl (C=O) groups excluding carboxylic acids is 7. The Morgan fingerprint density at radius 3 is 1.31 bits per heavy atom. The van der Waals surface area contributed by atoms with Crippen molar-refractivity contribution in [2.45, 2.75) is 171 Å². The first-order valence-corrected chi connectivity index (χ1v) is 19.8. The van der Waals surface area contributed by atoms with Crippen molar-refractivity contribution in [2.75, 3.05) is 6.54 Å². The van der Waals surface area contributed by atoms with Crippen LogP contribution in [0.15, 0.2) is 0 Å². The number of hydrogen-bond acceptors (Lipinski definition) is 7. The Kier molecular flexibility index (Phi) is 24.8. The third-order valence-electron chi connectivity index (χ3n) is 9.71. The number of primary amides is 1. The molecular formula is C40H73N5O7. The minimum Gasteiger partial charge on any atom is -0.368 e. The van der Waals surface area contributed by atoms with Gasteiger partial charge in [0.05, 0.1) is 18.5 Å². The molecule has 0 aromatic heterocycles. The van der Waals surface area contributed by atoms with Crippen LogP contribution >= 0.6 is 0 Å². The highest BCUT2D eigenvalue weighted by Gasteiger charge is 2.36. The smallest absolute Gasteiger partial charge is 0.240 e. The molecule has 5 atom stereocenters. The summed E-state index contributed by atoms with van der Waals surface area (Å²) in [5, 5.41) is 10.9. The van der Waals surface area contributed by atoms with Crippen molar-refractivity contribution in [1.82, 2.24) is 21.3 Å². The first kappa shape index (κ1) is 48.7. The van der Waals surface area contributed by atoms with E-state index in [-0.39, 0.29) is 60.4 Å². The maximum absolute atomic E-state index is 13.7. The summed E-state index contributed by atoms with van der Waals surface area (Å²) in [4.78, 5) is 90.4. The second kappa shape index (κ2) is 26.5. The summed E-state index contributed by atoms with van der Waals surface area (Å²) >= 11 is 0. The lowest BCUT2D eigenvalue weighted by molar-refractivity contribution is -0.137. The summed E-state index contributed by atoms with van der Waals surface area (Å²) < 4.78 is 0. The van der Waals surface area contributed by atoms with Crippen molar-refractivity contribution in [2.24, 2.45) is 41.2 Å². The Hall–Kier alpha value is -3.31. The molecule has 52 heavy (non-hydrogen) atoms. The molecule has 300 valence electrons. The van der Waals surface area contributed by atoms with E-state index in [2.05, 4.69) is 28.2 Å². The van der Waals surface area contributed by atoms with Crippen molar-refractivity contribution in [3.63, 3.8) is 0 Å². The SMILES string of the molecule is CCCCCCCCCCCCNC(=O)C[C@H](NC(=O)[C@@H](CC(=O)[C@@H](NC(=O)[C@@H](CC(=O)[C@@H](NC(C)=O)C(C)C)C(C)C)C(C)C)C(C)C)C(N)=O. The summed E-state index contributed by atoms with van der Waals surface area (Å²) in [5.74, 6) is -5.88. The number of hydrogen-bond donors (Lipinski definition) is 5. The molecule has 0 aromatic carbocycles. The van der Waals surface area contributed by atoms with Crippen molar-refractivity contribution in [3.8, 4) is 0 Å². The third-order valence-corrected chi connectivity index (χ3v) is 9.71. The quantitative estimate of drug-likeness (QED) is 0.0656. The number of Topliss-reactive ketones (excluding diaryl/α,β-unsaturated/α-hetero) is 2. The van der Waals surface area contributed by atoms with E-state index in [1.807, 2.05) is 27.7 Å². The van der Waals surface area contributed by atoms with Crippen LogP contribution in [-0.4, -0.2) is 65.8 Å². The van der Waals surface area contributed by atoms with Crippen LogP contribution < -0.4 is 27.0 Å². The molecule has 0 aliphatic carbocycles. The Balaban J connectivity index is 5.33. The van der Waals surface area contributed by atoms with Gasteiger partial charge in [-0.1, -0.05) is 120 Å². The van der Waals surface area contributed by atoms with E-state index in [1.165, 1.54) is 51.9 Å². The summed E-state index contributed by atoms with van der Waals surface area (Å²) in [6.07, 6.45) is 11.1. The molecule has 5 amide bonds. The lowest BCUT2D eigenvalue weighted by Crippen LogP contribution is -2.52. The van der Waals surface area contributed by atoms with Crippen LogP contribution in [0.4, 0.5) is 0 Å². The summed E-state index contributed by atoms with van der Waals surface area (Å²) in [6.45, 7) is 18.4. The van der Waals surface area contributed by atoms with Gasteiger partial charge in [0.25, 0.3) is 0 Å². The van der Waals surface area contributed by atoms with Gasteiger partial charge in [-0.25, -0.2) is 0 Å². The molecule has 0 aliphatic heterocycles. The summed E-state index contributed by atoms with van der Waals surface area (Å²) in [6, 6.07) is -2.91. The van der Waals surface area contributed by atoms with Crippen LogP contribution in [0.3, 0.4) is 0 Å². The zero-order valence-corrected chi connectivity index (χ0v) is 34.0. The normalized spacial score (nSPS) is 14.4. The average Bonchev–Trinajstić information content (AvgIpc) is 3.04. The highest BCUT2D eigenvalue weighted by molar-refractivity contribution is 5.97. The largest absolute Gasteiger partial charge is 0.368 e. The molecule has 0 bridgehead atoms. The molecule has 0 aliphatic rings. The molecule has 12 heteroatoms. The topological polar surface area (TPSA) is 194 Å². The molecule has 12 nitrogen and oxygen atoms in total. The monoisotopic (exact) mass is 736 g/mol. The van der Waals surface area contributed by atoms with Crippen LogP contribution in [0, 0.1) is 35.5 Å². The van der Waals surface area contributed by atoms with Gasteiger partial charge >= 0.3 is 0 Å². The molecular weight excluding hydrogens is 662 g/mol. The molecule has 0 fully saturated rings. The number of rotatable bonds is 29. The predicted molar refractivity (Wildman–Crippen MR) is 206 cm³/mol. The Morgan fingerprint density at radius 2 is 0.923 bits per heavy atom. The van der Waals surface area contributed by atoms with Gasteiger partial charge in [-0.05, 0) is 30.1 Å². The van der Waals surface area contributed by atoms with Gasteiger partial charge in [-0.3, -0.25) is 33.6 Å². The number of carbonyl (C=O) groups is 7. The third kappa shape index (κ3) is 20.1. The molecule has 0 unspecified atom stereocenters. The number of nitrogens with two attached hydrogens (primary N) is 1. The Labute approximate surface area is 314 Å². The van der Waals surface area contributed by atoms with E-state index in [1.54, 1.807) is 27.7 Å². The minimum absolute atomic E-state index is 0.107. The standard InChI is InChI=1S/C40H73N5O7/c1-11-12-13-14-15-16-17-18-19-20-21-42-35(49)24-32(38(41)50)44-39(51)30(25(2)3)22-34(48)37(28(8)9)45-40(52)31(26(4)5)23-33(47)36(27(6)7)43-29(10)46/h25-28,30-32,36-37H,11-24H2,1-10H3,(H2,41,50)(H,42,49)(H,43,46)(H,44,51)(H,45,52)/t30-,31-,32-,36-,37-/m0/s1. The van der Waals surface area contributed by atoms with Crippen molar-refractivity contribution < 1.29 is 33.6 Å². The van der Waals surface area contributed by atoms with Gasteiger partial charge in [-0.2, -0.15) is 0 Å². The molecule has 0 rings (SSSR count). The average molecular weight is 736 g/mol. The number of unbranched alkanes of at least 4 members (excludes halogenated alkanes) is 9. The molecule has 0 spiro atoms. The highest BCUT2D eigenvalue weighted by atomic mass is 16.2. The van der Waals surface area contributed by atoms with E-state index in [9.17, 15) is 33.6 Å². The van der Waals surface area contributed by atoms with Crippen molar-refractivity contribution in [1.29, 1.82) is 0 Å². The fraction of sp³-hybridized carbons (Fsp3) is 0.825. The van der Waals surface area contributed by atoms with E-state index in [0.717, 1.165) is 19.3 Å². The van der Waals surface area contributed by atoms with E-state index in [0.29, 0.717) is 6.54 Å². The predicted octanol–water partition coefficient (Wildman–Crippen LogP) is 5.15. The van der Waals surface area contributed by atoms with Gasteiger partial charge in [0.2, 0.25) is 29.5 Å². The molecule has 0 saturated heterocycles. The lowest BCUT2D eigenvalue weighted by atomic mass is 9.83. The van der Waals surface area contributed by atoms with Crippen LogP contribution in [0.25, 0.3) is 0 Å². The van der Waals surface area contributed by atoms with Gasteiger partial charge in [0.15, 0.2) is 11.6 Å². The van der Waals surface area contributed by atoms with Gasteiger partial charge in [0.1, 0.15) is 6.04 Å². The van der Waals surface area contributed by atoms with E-state index >= 15 is 0 Å². The fourth-order valence-corrected chi connectivity index (χ4v) is 6.27. The number of amides is 5. The van der Waals surface area contributed by atoms with Crippen molar-refractivity contribution in [3.05, 3.63) is 0 Å². The Bertz CT molecular complexity index is 1140. The maximum Gasteiger partial charge on any atom is 0.240 e. The van der Waals surface area contributed by atoms with Gasteiger partial charge in [0, 0.05) is 38.1 Å². The molecule has 0 saturated carbocycles. The number of ketones is 2. The van der Waals surface area contributed by atoms with Crippen LogP contribution in [0.1, 0.15) is 153 Å². The fourth-order valence-electron chi connectivity index (χ4n) is 6.27.